The first-order valence-corrected chi connectivity index (χ1v) is 6.50. The minimum absolute atomic E-state index is 0.190. The molecular formula is C10H16N4O4S. The van der Waals surface area contributed by atoms with Crippen LogP contribution in [-0.2, 0) is 16.0 Å². The fourth-order valence-electron chi connectivity index (χ4n) is 1.23. The number of hydrogen-bond acceptors (Lipinski definition) is 6. The Bertz CT molecular complexity index is 437. The van der Waals surface area contributed by atoms with Gasteiger partial charge >= 0.3 is 12.0 Å². The topological polar surface area (TPSA) is 113 Å². The molecule has 0 saturated carbocycles. The zero-order chi connectivity index (χ0) is 14.3. The molecule has 1 aromatic heterocycles. The number of carbonyl (C=O) groups is 2. The van der Waals surface area contributed by atoms with E-state index in [1.807, 2.05) is 6.92 Å². The average molecular weight is 288 g/mol. The lowest BCUT2D eigenvalue weighted by atomic mass is 10.2. The predicted molar refractivity (Wildman–Crippen MR) is 69.4 cm³/mol. The minimum atomic E-state index is -1.11. The summed E-state index contributed by atoms with van der Waals surface area (Å²) in [7, 11) is 1.46. The first-order valence-electron chi connectivity index (χ1n) is 5.68. The second kappa shape index (κ2) is 7.64. The Kier molecular flexibility index (Phi) is 6.16. The molecule has 19 heavy (non-hydrogen) atoms. The standard InChI is InChI=1S/C10H16N4O4S/c1-3-7-13-14-10(19-7)12-9(17)11-6(8(15)16)4-5-18-2/h6H,3-5H2,1-2H3,(H,15,16)(H2,11,12,14,17). The van der Waals surface area contributed by atoms with E-state index in [0.29, 0.717) is 5.13 Å². The molecule has 3 N–H and O–H groups in total. The Balaban J connectivity index is 2.49. The highest BCUT2D eigenvalue weighted by Gasteiger charge is 2.20. The molecule has 1 unspecified atom stereocenters. The van der Waals surface area contributed by atoms with Crippen LogP contribution < -0.4 is 10.6 Å². The van der Waals surface area contributed by atoms with Crippen molar-refractivity contribution in [2.24, 2.45) is 0 Å². The molecular weight excluding hydrogens is 272 g/mol. The molecule has 0 aliphatic carbocycles. The number of aliphatic carboxylic acids is 1. The lowest BCUT2D eigenvalue weighted by Gasteiger charge is -2.13. The van der Waals surface area contributed by atoms with Gasteiger partial charge in [0.15, 0.2) is 0 Å². The van der Waals surface area contributed by atoms with Gasteiger partial charge in [-0.25, -0.2) is 9.59 Å². The van der Waals surface area contributed by atoms with Gasteiger partial charge in [0.05, 0.1) is 0 Å². The number of nitrogens with one attached hydrogen (secondary N) is 2. The highest BCUT2D eigenvalue weighted by atomic mass is 32.1. The third kappa shape index (κ3) is 5.18. The van der Waals surface area contributed by atoms with Crippen LogP contribution in [0.5, 0.6) is 0 Å². The normalized spacial score (nSPS) is 11.9. The summed E-state index contributed by atoms with van der Waals surface area (Å²) in [6.45, 7) is 2.17. The van der Waals surface area contributed by atoms with E-state index in [0.717, 1.165) is 11.4 Å². The quantitative estimate of drug-likeness (QED) is 0.681. The van der Waals surface area contributed by atoms with Crippen molar-refractivity contribution in [2.45, 2.75) is 25.8 Å². The molecule has 9 heteroatoms. The van der Waals surface area contributed by atoms with Crippen LogP contribution in [0.25, 0.3) is 0 Å². The molecule has 0 bridgehead atoms. The molecule has 1 heterocycles. The average Bonchev–Trinajstić information content (AvgIpc) is 2.81. The maximum atomic E-state index is 11.6. The molecule has 0 aromatic carbocycles. The summed E-state index contributed by atoms with van der Waals surface area (Å²) in [5.41, 5.74) is 0. The minimum Gasteiger partial charge on any atom is -0.480 e. The summed E-state index contributed by atoms with van der Waals surface area (Å²) < 4.78 is 4.78. The van der Waals surface area contributed by atoms with E-state index in [-0.39, 0.29) is 13.0 Å². The van der Waals surface area contributed by atoms with E-state index in [1.54, 1.807) is 0 Å². The van der Waals surface area contributed by atoms with Crippen molar-refractivity contribution in [3.63, 3.8) is 0 Å². The second-order valence-corrected chi connectivity index (χ2v) is 4.69. The zero-order valence-electron chi connectivity index (χ0n) is 10.7. The first kappa shape index (κ1) is 15.3. The van der Waals surface area contributed by atoms with Crippen LogP contribution in [0.3, 0.4) is 0 Å². The third-order valence-corrected chi connectivity index (χ3v) is 3.19. The van der Waals surface area contributed by atoms with Crippen molar-refractivity contribution in [1.82, 2.24) is 15.5 Å². The van der Waals surface area contributed by atoms with E-state index in [1.165, 1.54) is 18.4 Å². The Morgan fingerprint density at radius 1 is 1.47 bits per heavy atom. The van der Waals surface area contributed by atoms with Crippen molar-refractivity contribution in [3.8, 4) is 0 Å². The fourth-order valence-corrected chi connectivity index (χ4v) is 1.91. The number of hydrogen-bond donors (Lipinski definition) is 3. The summed E-state index contributed by atoms with van der Waals surface area (Å²) >= 11 is 1.25. The molecule has 8 nitrogen and oxygen atoms in total. The van der Waals surface area contributed by atoms with Crippen LogP contribution in [-0.4, -0.2) is 47.1 Å². The van der Waals surface area contributed by atoms with Gasteiger partial charge in [0.25, 0.3) is 0 Å². The van der Waals surface area contributed by atoms with Gasteiger partial charge in [0, 0.05) is 20.1 Å². The number of aromatic nitrogens is 2. The number of carboxylic acid groups (broad SMARTS) is 1. The number of nitrogens with zero attached hydrogens (tertiary/aromatic N) is 2. The Labute approximate surface area is 114 Å². The highest BCUT2D eigenvalue weighted by Crippen LogP contribution is 2.15. The highest BCUT2D eigenvalue weighted by molar-refractivity contribution is 7.15. The van der Waals surface area contributed by atoms with Gasteiger partial charge in [0.1, 0.15) is 11.0 Å². The number of carboxylic acids is 1. The fraction of sp³-hybridized carbons (Fsp3) is 0.600. The molecule has 1 atom stereocenters. The number of carbonyl (C=O) groups excluding carboxylic acids is 1. The van der Waals surface area contributed by atoms with Gasteiger partial charge in [-0.05, 0) is 6.42 Å². The van der Waals surface area contributed by atoms with Gasteiger partial charge in [-0.2, -0.15) is 0 Å². The van der Waals surface area contributed by atoms with E-state index in [4.69, 9.17) is 9.84 Å². The van der Waals surface area contributed by atoms with E-state index >= 15 is 0 Å². The molecule has 1 aromatic rings. The molecule has 0 radical (unpaired) electrons. The molecule has 2 amide bonds. The smallest absolute Gasteiger partial charge is 0.326 e. The Morgan fingerprint density at radius 2 is 2.21 bits per heavy atom. The first-order chi connectivity index (χ1) is 9.06. The Hall–Kier alpha value is -1.74. The maximum Gasteiger partial charge on any atom is 0.326 e. The molecule has 0 spiro atoms. The number of aryl methyl sites for hydroxylation is 1. The van der Waals surface area contributed by atoms with Crippen LogP contribution >= 0.6 is 11.3 Å². The Morgan fingerprint density at radius 3 is 2.74 bits per heavy atom. The van der Waals surface area contributed by atoms with E-state index in [2.05, 4.69) is 20.8 Å². The summed E-state index contributed by atoms with van der Waals surface area (Å²) in [5, 5.41) is 22.5. The molecule has 106 valence electrons. The number of amides is 2. The molecule has 0 aliphatic heterocycles. The van der Waals surface area contributed by atoms with Crippen molar-refractivity contribution in [1.29, 1.82) is 0 Å². The lowest BCUT2D eigenvalue weighted by Crippen LogP contribution is -2.43. The predicted octanol–water partition coefficient (Wildman–Crippen LogP) is 0.712. The van der Waals surface area contributed by atoms with Crippen LogP contribution in [0.4, 0.5) is 9.93 Å². The van der Waals surface area contributed by atoms with Crippen molar-refractivity contribution in [3.05, 3.63) is 5.01 Å². The van der Waals surface area contributed by atoms with Crippen LogP contribution in [0, 0.1) is 0 Å². The van der Waals surface area contributed by atoms with Crippen LogP contribution in [0.1, 0.15) is 18.4 Å². The van der Waals surface area contributed by atoms with Gasteiger partial charge in [-0.15, -0.1) is 10.2 Å². The summed E-state index contributed by atoms with van der Waals surface area (Å²) in [4.78, 5) is 22.5. The maximum absolute atomic E-state index is 11.6. The number of urea groups is 1. The number of methoxy groups -OCH3 is 1. The van der Waals surface area contributed by atoms with Crippen molar-refractivity contribution < 1.29 is 19.4 Å². The van der Waals surface area contributed by atoms with E-state index in [9.17, 15) is 9.59 Å². The van der Waals surface area contributed by atoms with Crippen molar-refractivity contribution in [2.75, 3.05) is 19.0 Å². The molecule has 0 saturated heterocycles. The van der Waals surface area contributed by atoms with Crippen LogP contribution in [0.2, 0.25) is 0 Å². The summed E-state index contributed by atoms with van der Waals surface area (Å²) in [6.07, 6.45) is 0.919. The molecule has 0 aliphatic rings. The largest absolute Gasteiger partial charge is 0.480 e. The summed E-state index contributed by atoms with van der Waals surface area (Å²) in [6, 6.07) is -1.62. The number of rotatable bonds is 7. The third-order valence-electron chi connectivity index (χ3n) is 2.20. The van der Waals surface area contributed by atoms with Crippen molar-refractivity contribution >= 4 is 28.5 Å². The number of ether oxygens (including phenoxy) is 1. The summed E-state index contributed by atoms with van der Waals surface area (Å²) in [5.74, 6) is -1.11. The van der Waals surface area contributed by atoms with Gasteiger partial charge in [-0.3, -0.25) is 5.32 Å². The van der Waals surface area contributed by atoms with Crippen LogP contribution in [0.15, 0.2) is 0 Å². The molecule has 1 rings (SSSR count). The van der Waals surface area contributed by atoms with Gasteiger partial charge in [0.2, 0.25) is 5.13 Å². The number of anilines is 1. The van der Waals surface area contributed by atoms with Gasteiger partial charge in [-0.1, -0.05) is 18.3 Å². The van der Waals surface area contributed by atoms with E-state index < -0.39 is 18.0 Å². The molecule has 0 fully saturated rings. The monoisotopic (exact) mass is 288 g/mol. The second-order valence-electron chi connectivity index (χ2n) is 3.63. The SMILES string of the molecule is CCc1nnc(NC(=O)NC(CCOC)C(=O)O)s1. The van der Waals surface area contributed by atoms with Gasteiger partial charge < -0.3 is 15.2 Å². The zero-order valence-corrected chi connectivity index (χ0v) is 11.5. The lowest BCUT2D eigenvalue weighted by molar-refractivity contribution is -0.139.